The molecule has 0 amide bonds. The molecule has 0 radical (unpaired) electrons. The van der Waals surface area contributed by atoms with Crippen molar-refractivity contribution in [3.05, 3.63) is 76.1 Å². The maximum absolute atomic E-state index is 7.11. The van der Waals surface area contributed by atoms with Crippen LogP contribution in [0, 0.1) is 19.4 Å². The first-order valence-corrected chi connectivity index (χ1v) is 8.41. The molecule has 24 heavy (non-hydrogen) atoms. The predicted octanol–water partition coefficient (Wildman–Crippen LogP) is 4.03. The van der Waals surface area contributed by atoms with Gasteiger partial charge in [0.25, 0.3) is 0 Å². The fraction of sp³-hybridized carbons (Fsp3) is 0.286. The second kappa shape index (κ2) is 7.92. The smallest absolute Gasteiger partial charge is 0.190 e. The van der Waals surface area contributed by atoms with Crippen molar-refractivity contribution in [3.8, 4) is 0 Å². The molecule has 1 saturated heterocycles. The first-order valence-electron chi connectivity index (χ1n) is 8.41. The number of aryl methyl sites for hydroxylation is 1. The predicted molar refractivity (Wildman–Crippen MR) is 101 cm³/mol. The van der Waals surface area contributed by atoms with Crippen LogP contribution in [0.2, 0.25) is 0 Å². The largest absolute Gasteiger partial charge is 0.316 e. The van der Waals surface area contributed by atoms with Gasteiger partial charge in [0, 0.05) is 26.2 Å². The summed E-state index contributed by atoms with van der Waals surface area (Å²) in [6, 6.07) is 14.6. The van der Waals surface area contributed by atoms with Gasteiger partial charge in [-0.15, -0.1) is 0 Å². The van der Waals surface area contributed by atoms with Crippen LogP contribution in [0.5, 0.6) is 0 Å². The van der Waals surface area contributed by atoms with Gasteiger partial charge in [-0.05, 0) is 35.1 Å². The van der Waals surface area contributed by atoms with Crippen molar-refractivity contribution in [1.29, 1.82) is 0 Å². The van der Waals surface area contributed by atoms with Gasteiger partial charge in [-0.3, -0.25) is 0 Å². The summed E-state index contributed by atoms with van der Waals surface area (Å²) in [4.78, 5) is 3.51. The lowest BCUT2D eigenvalue weighted by Gasteiger charge is -2.27. The molecule has 1 heterocycles. The number of benzene rings is 2. The monoisotopic (exact) mass is 317 g/mol. The van der Waals surface area contributed by atoms with E-state index in [-0.39, 0.29) is 0 Å². The van der Waals surface area contributed by atoms with Crippen molar-refractivity contribution < 1.29 is 0 Å². The molecule has 1 aliphatic rings. The third kappa shape index (κ3) is 4.32. The lowest BCUT2D eigenvalue weighted by molar-refractivity contribution is 0.331. The molecule has 2 N–H and O–H groups in total. The van der Waals surface area contributed by atoms with Crippen LogP contribution in [0.4, 0.5) is 5.69 Å². The minimum atomic E-state index is 0.724. The Hall–Kier alpha value is -2.41. The van der Waals surface area contributed by atoms with E-state index < -0.39 is 0 Å². The molecule has 0 aliphatic carbocycles. The Kier molecular flexibility index (Phi) is 5.43. The lowest BCUT2D eigenvalue weighted by Crippen LogP contribution is -2.47. The summed E-state index contributed by atoms with van der Waals surface area (Å²) >= 11 is 0. The molecule has 3 nitrogen and oxygen atoms in total. The number of hydrogen-bond acceptors (Lipinski definition) is 2. The molecule has 122 valence electrons. The molecule has 1 fully saturated rings. The highest BCUT2D eigenvalue weighted by molar-refractivity contribution is 5.71. The maximum atomic E-state index is 7.11. The van der Waals surface area contributed by atoms with Gasteiger partial charge in [-0.25, -0.2) is 4.85 Å². The minimum Gasteiger partial charge on any atom is -0.316 e. The molecule has 2 aromatic rings. The van der Waals surface area contributed by atoms with Crippen molar-refractivity contribution in [2.75, 3.05) is 19.6 Å². The van der Waals surface area contributed by atoms with Crippen LogP contribution in [-0.2, 0) is 6.54 Å². The third-order valence-corrected chi connectivity index (χ3v) is 4.39. The molecule has 0 spiro atoms. The summed E-state index contributed by atoms with van der Waals surface area (Å²) in [6.45, 7) is 13.4. The minimum absolute atomic E-state index is 0.724. The number of nitrogens with zero attached hydrogens (tertiary/aromatic N) is 1. The Bertz CT molecular complexity index is 767. The molecular formula is C21H23N3. The summed E-state index contributed by atoms with van der Waals surface area (Å²) in [5.41, 5.74) is 5.38. The summed E-state index contributed by atoms with van der Waals surface area (Å²) in [5.74, 6) is 0.787. The Morgan fingerprint density at radius 3 is 2.62 bits per heavy atom. The van der Waals surface area contributed by atoms with Crippen molar-refractivity contribution in [2.24, 2.45) is 5.92 Å². The highest BCUT2D eigenvalue weighted by atomic mass is 15.0. The molecule has 0 atom stereocenters. The van der Waals surface area contributed by atoms with Gasteiger partial charge >= 0.3 is 0 Å². The fourth-order valence-corrected chi connectivity index (χ4v) is 2.82. The van der Waals surface area contributed by atoms with Gasteiger partial charge in [-0.1, -0.05) is 54.6 Å². The van der Waals surface area contributed by atoms with E-state index in [1.165, 1.54) is 11.1 Å². The maximum Gasteiger partial charge on any atom is 0.190 e. The Labute approximate surface area is 144 Å². The third-order valence-electron chi connectivity index (χ3n) is 4.39. The second-order valence-corrected chi connectivity index (χ2v) is 6.39. The summed E-state index contributed by atoms with van der Waals surface area (Å²) in [5, 5.41) is 6.83. The molecule has 3 heteroatoms. The molecule has 2 aromatic carbocycles. The molecular weight excluding hydrogens is 294 g/mol. The van der Waals surface area contributed by atoms with Gasteiger partial charge in [-0.2, -0.15) is 0 Å². The van der Waals surface area contributed by atoms with Gasteiger partial charge in [0.05, 0.1) is 6.57 Å². The highest BCUT2D eigenvalue weighted by Crippen LogP contribution is 2.21. The van der Waals surface area contributed by atoms with E-state index in [4.69, 9.17) is 6.57 Å². The zero-order valence-electron chi connectivity index (χ0n) is 14.0. The highest BCUT2D eigenvalue weighted by Gasteiger charge is 2.15. The van der Waals surface area contributed by atoms with E-state index in [2.05, 4.69) is 58.0 Å². The van der Waals surface area contributed by atoms with Gasteiger partial charge in [0.2, 0.25) is 0 Å². The normalized spacial score (nSPS) is 14.5. The Morgan fingerprint density at radius 1 is 1.17 bits per heavy atom. The number of hydrogen-bond donors (Lipinski definition) is 2. The quantitative estimate of drug-likeness (QED) is 0.622. The summed E-state index contributed by atoms with van der Waals surface area (Å²) < 4.78 is 0. The average Bonchev–Trinajstić information content (AvgIpc) is 2.56. The van der Waals surface area contributed by atoms with Crippen molar-refractivity contribution in [3.63, 3.8) is 0 Å². The molecule has 0 aromatic heterocycles. The van der Waals surface area contributed by atoms with Gasteiger partial charge < -0.3 is 10.6 Å². The van der Waals surface area contributed by atoms with Crippen molar-refractivity contribution in [2.45, 2.75) is 13.5 Å². The van der Waals surface area contributed by atoms with E-state index in [9.17, 15) is 0 Å². The fourth-order valence-electron chi connectivity index (χ4n) is 2.82. The molecule has 0 saturated carbocycles. The van der Waals surface area contributed by atoms with Gasteiger partial charge in [0.15, 0.2) is 5.69 Å². The van der Waals surface area contributed by atoms with Crippen molar-refractivity contribution >= 4 is 17.8 Å². The molecule has 3 rings (SSSR count). The Balaban J connectivity index is 1.61. The summed E-state index contributed by atoms with van der Waals surface area (Å²) in [6.07, 6.45) is 4.24. The second-order valence-electron chi connectivity index (χ2n) is 6.39. The van der Waals surface area contributed by atoms with Crippen LogP contribution < -0.4 is 10.6 Å². The van der Waals surface area contributed by atoms with E-state index >= 15 is 0 Å². The van der Waals surface area contributed by atoms with E-state index in [0.717, 1.165) is 48.9 Å². The van der Waals surface area contributed by atoms with Gasteiger partial charge in [0.1, 0.15) is 0 Å². The zero-order valence-corrected chi connectivity index (χ0v) is 14.0. The van der Waals surface area contributed by atoms with Crippen LogP contribution in [0.1, 0.15) is 22.3 Å². The van der Waals surface area contributed by atoms with Crippen LogP contribution in [0.3, 0.4) is 0 Å². The van der Waals surface area contributed by atoms with Crippen LogP contribution in [0.15, 0.2) is 42.5 Å². The van der Waals surface area contributed by atoms with Crippen LogP contribution in [-0.4, -0.2) is 19.6 Å². The van der Waals surface area contributed by atoms with E-state index in [1.807, 2.05) is 19.1 Å². The topological polar surface area (TPSA) is 28.4 Å². The molecule has 0 bridgehead atoms. The van der Waals surface area contributed by atoms with Crippen LogP contribution >= 0.6 is 0 Å². The average molecular weight is 317 g/mol. The molecule has 1 aliphatic heterocycles. The van der Waals surface area contributed by atoms with Crippen LogP contribution in [0.25, 0.3) is 17.0 Å². The van der Waals surface area contributed by atoms with E-state index in [1.54, 1.807) is 0 Å². The zero-order chi connectivity index (χ0) is 16.8. The Morgan fingerprint density at radius 2 is 1.96 bits per heavy atom. The standard InChI is InChI=1S/C21H23N3/c1-16-10-18(8-9-21(16)22-2)7-6-17-4-3-5-19(11-17)12-23-13-20-14-24-15-20/h3-11,20,23-24H,12-15H2,1H3/b7-6+. The first-order chi connectivity index (χ1) is 11.7. The summed E-state index contributed by atoms with van der Waals surface area (Å²) in [7, 11) is 0. The SMILES string of the molecule is [C-]#[N+]c1ccc(/C=C/c2cccc(CNCC3CNC3)c2)cc1C. The van der Waals surface area contributed by atoms with E-state index in [0.29, 0.717) is 0 Å². The lowest BCUT2D eigenvalue weighted by atomic mass is 10.0. The first kappa shape index (κ1) is 16.4. The van der Waals surface area contributed by atoms with Crippen molar-refractivity contribution in [1.82, 2.24) is 10.6 Å². The number of rotatable bonds is 6. The molecule has 0 unspecified atom stereocenters. The number of nitrogens with one attached hydrogen (secondary N) is 2.